The fraction of sp³-hybridized carbons (Fsp3) is 0.598. The van der Waals surface area contributed by atoms with Crippen LogP contribution >= 0.6 is 0 Å². The van der Waals surface area contributed by atoms with E-state index < -0.39 is 113 Å². The number of aromatic nitrogens is 2. The van der Waals surface area contributed by atoms with Gasteiger partial charge in [-0.05, 0) is 222 Å². The van der Waals surface area contributed by atoms with E-state index >= 15 is 9.59 Å². The van der Waals surface area contributed by atoms with Crippen LogP contribution in [0.25, 0.3) is 32.9 Å². The van der Waals surface area contributed by atoms with E-state index in [4.69, 9.17) is 25.7 Å². The van der Waals surface area contributed by atoms with E-state index in [2.05, 4.69) is 71.5 Å². The lowest BCUT2D eigenvalue weighted by molar-refractivity contribution is -0.140. The van der Waals surface area contributed by atoms with Crippen LogP contribution in [0.4, 0.5) is 14.4 Å². The van der Waals surface area contributed by atoms with E-state index in [0.717, 1.165) is 105 Å². The highest BCUT2D eigenvalue weighted by atomic mass is 16.6. The van der Waals surface area contributed by atoms with Crippen LogP contribution in [-0.4, -0.2) is 219 Å². The average Bonchev–Trinajstić information content (AvgIpc) is 1.61. The first-order chi connectivity index (χ1) is 66.5. The highest BCUT2D eigenvalue weighted by Gasteiger charge is 2.42. The van der Waals surface area contributed by atoms with E-state index in [0.29, 0.717) is 155 Å². The molecule has 2 aliphatic heterocycles. The summed E-state index contributed by atoms with van der Waals surface area (Å²) in [6.07, 6.45) is 19.7. The van der Waals surface area contributed by atoms with Gasteiger partial charge >= 0.3 is 30.2 Å². The van der Waals surface area contributed by atoms with Crippen molar-refractivity contribution in [3.8, 4) is 11.1 Å². The molecule has 2 saturated carbocycles. The number of amides is 5. The van der Waals surface area contributed by atoms with Crippen molar-refractivity contribution in [2.45, 2.75) is 339 Å². The smallest absolute Gasteiger partial charge is 0.419 e. The number of aliphatic carboxylic acids is 2. The predicted octanol–water partition coefficient (Wildman–Crippen LogP) is 14.8. The molecule has 11 rings (SSSR count). The monoisotopic (exact) mass is 1920 g/mol. The third kappa shape index (κ3) is 32.8. The second-order valence-corrected chi connectivity index (χ2v) is 40.2. The van der Waals surface area contributed by atoms with Crippen molar-refractivity contribution in [2.24, 2.45) is 45.1 Å². The summed E-state index contributed by atoms with van der Waals surface area (Å²) < 4.78 is 20.4. The first-order valence-electron chi connectivity index (χ1n) is 50.8. The summed E-state index contributed by atoms with van der Waals surface area (Å²) in [6, 6.07) is 24.4. The molecular weight excluding hydrogens is 1770 g/mol. The van der Waals surface area contributed by atoms with Crippen LogP contribution in [0.2, 0.25) is 0 Å². The molecule has 2 saturated heterocycles. The molecule has 4 fully saturated rings. The number of ether oxygens (including phenoxy) is 3. The van der Waals surface area contributed by atoms with Crippen molar-refractivity contribution < 1.29 is 86.8 Å². The number of carboxylic acid groups (broad SMARTS) is 2. The Morgan fingerprint density at radius 3 is 1.29 bits per heavy atom. The Labute approximate surface area is 818 Å². The molecule has 0 bridgehead atoms. The van der Waals surface area contributed by atoms with Crippen LogP contribution in [0, 0.1) is 23.7 Å². The van der Waals surface area contributed by atoms with Gasteiger partial charge in [0.15, 0.2) is 23.1 Å². The Hall–Kier alpha value is -11.5. The van der Waals surface area contributed by atoms with Gasteiger partial charge in [-0.1, -0.05) is 176 Å². The number of benzene rings is 4. The maximum Gasteiger partial charge on any atom is 0.419 e. The molecule has 2 aromatic heterocycles. The molecule has 139 heavy (non-hydrogen) atoms. The van der Waals surface area contributed by atoms with Crippen molar-refractivity contribution in [1.82, 2.24) is 51.3 Å². The predicted molar refractivity (Wildman–Crippen MR) is 537 cm³/mol. The van der Waals surface area contributed by atoms with Gasteiger partial charge in [0.1, 0.15) is 35.9 Å². The van der Waals surface area contributed by atoms with Gasteiger partial charge in [0, 0.05) is 99.1 Å². The SMILES string of the molecule is CCC(N)=NCCC[C@H](NC(=O)[C@@H](CC(=O)[C@H](CC1CCCCC1)NC(=O)C1CCCN1)Cc1cn(C(=O)OC(C)(C)C)c2ccccc12)C(=O)CCCC[C@H](NC)C(=O)O.CCC(N)=NCCC[C@H](NC(=O)[C@@H](CC(=O)[C@H](CC1CCCCC1)NC(=O)C1CCCN1C(=O)OCC1c2ccccc2-c2ccccc21)Cc1cn(C(=O)OC(C)(C)C)c2ccccc12)C(=O)CCCC[C@H](NC)C(=O)O. The fourth-order valence-electron chi connectivity index (χ4n) is 19.9. The van der Waals surface area contributed by atoms with Crippen molar-refractivity contribution >= 4 is 110 Å². The number of amidine groups is 2. The zero-order valence-electron chi connectivity index (χ0n) is 83.3. The number of aliphatic imine (C=N–C) groups is 2. The Bertz CT molecular complexity index is 5190. The number of unbranched alkanes of at least 4 members (excludes halogenated alkanes) is 2. The third-order valence-electron chi connectivity index (χ3n) is 27.5. The normalized spacial score (nSPS) is 17.8. The first kappa shape index (κ1) is 109. The number of nitrogens with two attached hydrogens (primary N) is 2. The minimum Gasteiger partial charge on any atom is -0.480 e. The molecule has 32 nitrogen and oxygen atoms in total. The number of para-hydroxylation sites is 2. The van der Waals surface area contributed by atoms with Crippen molar-refractivity contribution in [3.05, 3.63) is 132 Å². The minimum atomic E-state index is -1.07. The summed E-state index contributed by atoms with van der Waals surface area (Å²) >= 11 is 0. The number of hydrogen-bond donors (Lipinski definition) is 11. The number of carbonyl (C=O) groups excluding carboxylic acids is 11. The quantitative estimate of drug-likeness (QED) is 0.00731. The Kier molecular flexibility index (Phi) is 42.3. The molecule has 2 unspecified atom stereocenters. The van der Waals surface area contributed by atoms with E-state index in [1.54, 1.807) is 86.2 Å². The summed E-state index contributed by atoms with van der Waals surface area (Å²) in [5.74, 6) is -5.53. The number of carboxylic acids is 2. The van der Waals surface area contributed by atoms with Gasteiger partial charge in [-0.3, -0.25) is 72.0 Å². The van der Waals surface area contributed by atoms with Gasteiger partial charge in [0.2, 0.25) is 23.6 Å². The Balaban J connectivity index is 0.000000296. The maximum absolute atomic E-state index is 15.2. The van der Waals surface area contributed by atoms with Crippen LogP contribution in [-0.2, 0) is 75.0 Å². The molecule has 13 N–H and O–H groups in total. The number of likely N-dealkylation sites (tertiary alicyclic amines) is 1. The summed E-state index contributed by atoms with van der Waals surface area (Å²) in [7, 11) is 3.16. The number of nitrogens with zero attached hydrogens (tertiary/aromatic N) is 5. The average molecular weight is 1920 g/mol. The van der Waals surface area contributed by atoms with Gasteiger partial charge in [0.05, 0.1) is 52.9 Å². The van der Waals surface area contributed by atoms with Gasteiger partial charge < -0.3 is 73.1 Å². The highest BCUT2D eigenvalue weighted by molar-refractivity contribution is 6.00. The molecule has 0 radical (unpaired) electrons. The molecule has 5 aliphatic rings. The summed E-state index contributed by atoms with van der Waals surface area (Å²) in [5, 5.41) is 41.4. The lowest BCUT2D eigenvalue weighted by atomic mass is 9.82. The summed E-state index contributed by atoms with van der Waals surface area (Å²) in [6.45, 7) is 16.3. The molecule has 5 amide bonds. The number of nitrogens with one attached hydrogen (secondary N) is 7. The minimum absolute atomic E-state index is 0.00496. The van der Waals surface area contributed by atoms with Gasteiger partial charge in [0.25, 0.3) is 0 Å². The Morgan fingerprint density at radius 2 is 0.885 bits per heavy atom. The van der Waals surface area contributed by atoms with E-state index in [9.17, 15) is 63.0 Å². The zero-order chi connectivity index (χ0) is 100. The number of ketones is 4. The maximum atomic E-state index is 15.2. The number of fused-ring (bicyclic) bond motifs is 5. The molecule has 4 aromatic carbocycles. The fourth-order valence-corrected chi connectivity index (χ4v) is 19.9. The van der Waals surface area contributed by atoms with Crippen molar-refractivity contribution in [1.29, 1.82) is 0 Å². The second kappa shape index (κ2) is 53.8. The van der Waals surface area contributed by atoms with Crippen LogP contribution in [0.5, 0.6) is 0 Å². The topological polar surface area (TPSA) is 464 Å². The Morgan fingerprint density at radius 1 is 0.468 bits per heavy atom. The highest BCUT2D eigenvalue weighted by Crippen LogP contribution is 2.45. The lowest BCUT2D eigenvalue weighted by Crippen LogP contribution is -2.52. The van der Waals surface area contributed by atoms with E-state index in [-0.39, 0.29) is 111 Å². The molecule has 32 heteroatoms. The van der Waals surface area contributed by atoms with Crippen LogP contribution in [0.3, 0.4) is 0 Å². The molecular formula is C107H152N14O18. The molecule has 758 valence electrons. The standard InChI is InChI=1S/C61H81N7O10.C46H71N7O8/c1-6-55(62)64-32-18-28-48(53(69)31-17-15-27-49(63-5)58(73)74)65-56(71)40(35-41-37-68(60(76)78-61(2,3)4)51-29-16-14-22-42(41)51)36-54(70)50(34-39-20-8-7-9-21-39)66-57(72)52-30-19-33-67(52)59(75)77-38-47-45-25-12-10-23-43(45)44-24-11-13-26-46(44)47;1-6-41(47)50-25-14-20-34(39(54)23-13-11-19-36(48-5)44(58)59)51-42(56)31(27-32-29-53(45(60)61-46(2,3)4)38-22-12-10-18-33(32)38)28-40(55)37(26-30-16-8-7-9-17-30)52-43(57)35-21-15-24-49-35/h10-14,16,22-26,29,37,39-40,47-50,52,63H,6-9,15,17-21,27-28,30-36,38H2,1-5H3,(H2,62,64)(H,65,71)(H,66,72)(H,73,74);10,12,18,22,29-31,34-37,48-49H,6-9,11,13-17,19-21,23-28H2,1-5H3,(H2,47,50)(H,51,56)(H,52,57)(H,58,59)/t40-,48+,49+,50+,52?;31-,34+,35?,36+,37+/m11/s1. The van der Waals surface area contributed by atoms with Crippen molar-refractivity contribution in [3.63, 3.8) is 0 Å². The van der Waals surface area contributed by atoms with Crippen LogP contribution < -0.4 is 48.7 Å². The number of hydrogen-bond acceptors (Lipinski definition) is 21. The number of likely N-dealkylation sites (N-methyl/N-ethyl adjacent to an activating group) is 2. The zero-order valence-corrected chi connectivity index (χ0v) is 83.3. The summed E-state index contributed by atoms with van der Waals surface area (Å²) in [4.78, 5) is 190. The van der Waals surface area contributed by atoms with Crippen molar-refractivity contribution in [2.75, 3.05) is 46.9 Å². The van der Waals surface area contributed by atoms with Gasteiger partial charge in [-0.25, -0.2) is 14.4 Å². The van der Waals surface area contributed by atoms with Crippen LogP contribution in [0.1, 0.15) is 289 Å². The summed E-state index contributed by atoms with van der Waals surface area (Å²) in [5.41, 5.74) is 17.1. The van der Waals surface area contributed by atoms with Gasteiger partial charge in [-0.15, -0.1) is 0 Å². The number of carbonyl (C=O) groups is 13. The first-order valence-corrected chi connectivity index (χ1v) is 50.8. The van der Waals surface area contributed by atoms with Gasteiger partial charge in [-0.2, -0.15) is 0 Å². The third-order valence-corrected chi connectivity index (χ3v) is 27.5. The lowest BCUT2D eigenvalue weighted by Gasteiger charge is -2.30. The molecule has 6 aromatic rings. The molecule has 10 atom stereocenters. The van der Waals surface area contributed by atoms with E-state index in [1.165, 1.54) is 14.0 Å². The van der Waals surface area contributed by atoms with Crippen LogP contribution in [0.15, 0.2) is 119 Å². The molecule has 0 spiro atoms. The molecule has 4 heterocycles. The largest absolute Gasteiger partial charge is 0.480 e. The number of rotatable bonds is 50. The number of Topliss-reactive ketones (excluding diaryl/α,β-unsaturated/α-hetero) is 4. The molecule has 3 aliphatic carbocycles. The second-order valence-electron chi connectivity index (χ2n) is 40.2. The van der Waals surface area contributed by atoms with E-state index in [1.807, 2.05) is 68.4 Å².